The zero-order valence-corrected chi connectivity index (χ0v) is 16.4. The summed E-state index contributed by atoms with van der Waals surface area (Å²) in [5.74, 6) is 0.437. The third-order valence-electron chi connectivity index (χ3n) is 4.27. The molecule has 1 saturated heterocycles. The molecule has 0 amide bonds. The molecule has 2 aliphatic rings. The topological polar surface area (TPSA) is 81.9 Å². The van der Waals surface area contributed by atoms with Gasteiger partial charge in [-0.2, -0.15) is 0 Å². The molecule has 0 aromatic rings. The van der Waals surface area contributed by atoms with E-state index in [2.05, 4.69) is 23.8 Å². The summed E-state index contributed by atoms with van der Waals surface area (Å²) in [6.45, 7) is 14.4. The molecule has 2 aliphatic heterocycles. The second kappa shape index (κ2) is 8.01. The Hall–Kier alpha value is -1.18. The van der Waals surface area contributed by atoms with Crippen molar-refractivity contribution in [2.24, 2.45) is 15.9 Å². The second-order valence-corrected chi connectivity index (χ2v) is 7.23. The van der Waals surface area contributed by atoms with E-state index in [0.29, 0.717) is 25.0 Å². The highest BCUT2D eigenvalue weighted by Crippen LogP contribution is 2.32. The summed E-state index contributed by atoms with van der Waals surface area (Å²) in [5, 5.41) is 11.0. The highest BCUT2D eigenvalue weighted by atomic mass is 16.8. The molecular weight excluding hydrogens is 324 g/mol. The summed E-state index contributed by atoms with van der Waals surface area (Å²) in [4.78, 5) is 9.34. The van der Waals surface area contributed by atoms with E-state index in [0.717, 1.165) is 0 Å². The smallest absolute Gasteiger partial charge is 0.212 e. The number of aliphatic imine (C=N–C) groups is 2. The van der Waals surface area contributed by atoms with Crippen LogP contribution in [0.15, 0.2) is 9.98 Å². The van der Waals surface area contributed by atoms with Crippen LogP contribution in [-0.2, 0) is 18.9 Å². The lowest BCUT2D eigenvalue weighted by molar-refractivity contribution is -0.154. The van der Waals surface area contributed by atoms with E-state index in [1.807, 2.05) is 34.6 Å². The van der Waals surface area contributed by atoms with Gasteiger partial charge in [0.05, 0.1) is 19.3 Å². The van der Waals surface area contributed by atoms with E-state index >= 15 is 0 Å². The highest BCUT2D eigenvalue weighted by molar-refractivity contribution is 5.94. The Kier molecular flexibility index (Phi) is 6.45. The number of nitrogens with zero attached hydrogens (tertiary/aromatic N) is 2. The molecule has 7 nitrogen and oxygen atoms in total. The molecule has 0 radical (unpaired) electrons. The molecule has 2 rings (SSSR count). The van der Waals surface area contributed by atoms with E-state index in [9.17, 15) is 5.11 Å². The third-order valence-corrected chi connectivity index (χ3v) is 4.27. The number of aliphatic hydroxyl groups is 1. The van der Waals surface area contributed by atoms with Crippen LogP contribution in [0.25, 0.3) is 0 Å². The maximum atomic E-state index is 11.0. The zero-order chi connectivity index (χ0) is 18.8. The maximum Gasteiger partial charge on any atom is 0.212 e. The van der Waals surface area contributed by atoms with Gasteiger partial charge in [0.25, 0.3) is 0 Å². The molecule has 0 aromatic heterocycles. The van der Waals surface area contributed by atoms with E-state index < -0.39 is 24.0 Å². The number of rotatable bonds is 5. The lowest BCUT2D eigenvalue weighted by Gasteiger charge is -2.32. The first-order valence-electron chi connectivity index (χ1n) is 9.14. The molecular formula is C18H32N2O5. The Morgan fingerprint density at radius 2 is 1.56 bits per heavy atom. The van der Waals surface area contributed by atoms with Crippen LogP contribution in [0.2, 0.25) is 0 Å². The Labute approximate surface area is 150 Å². The van der Waals surface area contributed by atoms with Gasteiger partial charge in [-0.05, 0) is 40.5 Å². The van der Waals surface area contributed by atoms with Crippen LogP contribution in [-0.4, -0.2) is 66.3 Å². The van der Waals surface area contributed by atoms with Gasteiger partial charge in [0.2, 0.25) is 11.8 Å². The molecule has 0 saturated carbocycles. The lowest BCUT2D eigenvalue weighted by Crippen LogP contribution is -2.49. The van der Waals surface area contributed by atoms with Gasteiger partial charge in [0.1, 0.15) is 18.2 Å². The molecule has 5 atom stereocenters. The fraction of sp³-hybridized carbons (Fsp3) is 0.889. The van der Waals surface area contributed by atoms with Gasteiger partial charge in [0, 0.05) is 0 Å². The maximum absolute atomic E-state index is 11.0. The number of hydrogen-bond acceptors (Lipinski definition) is 7. The first-order chi connectivity index (χ1) is 11.7. The first kappa shape index (κ1) is 20.1. The van der Waals surface area contributed by atoms with Crippen LogP contribution in [0.1, 0.15) is 48.5 Å². The van der Waals surface area contributed by atoms with Crippen LogP contribution in [0, 0.1) is 5.92 Å². The van der Waals surface area contributed by atoms with Crippen LogP contribution >= 0.6 is 0 Å². The summed E-state index contributed by atoms with van der Waals surface area (Å²) in [6, 6.07) is -0.874. The molecule has 0 unspecified atom stereocenters. The molecule has 7 heteroatoms. The van der Waals surface area contributed by atoms with Gasteiger partial charge in [-0.1, -0.05) is 13.8 Å². The van der Waals surface area contributed by atoms with E-state index in [1.165, 1.54) is 0 Å². The van der Waals surface area contributed by atoms with Crippen molar-refractivity contribution in [3.05, 3.63) is 0 Å². The van der Waals surface area contributed by atoms with Crippen LogP contribution in [0.5, 0.6) is 0 Å². The summed E-state index contributed by atoms with van der Waals surface area (Å²) in [6.07, 6.45) is -1.72. The van der Waals surface area contributed by atoms with Gasteiger partial charge < -0.3 is 24.1 Å². The van der Waals surface area contributed by atoms with Gasteiger partial charge in [-0.15, -0.1) is 0 Å². The van der Waals surface area contributed by atoms with Crippen LogP contribution in [0.4, 0.5) is 0 Å². The van der Waals surface area contributed by atoms with Crippen molar-refractivity contribution in [1.29, 1.82) is 0 Å². The summed E-state index contributed by atoms with van der Waals surface area (Å²) in [5.41, 5.74) is 0. The zero-order valence-electron chi connectivity index (χ0n) is 16.4. The van der Waals surface area contributed by atoms with Crippen molar-refractivity contribution in [2.75, 3.05) is 13.2 Å². The molecule has 0 spiro atoms. The molecule has 0 aromatic carbocycles. The Bertz CT molecular complexity index is 518. The van der Waals surface area contributed by atoms with Gasteiger partial charge in [0.15, 0.2) is 11.8 Å². The fourth-order valence-electron chi connectivity index (χ4n) is 3.23. The number of aliphatic hydroxyl groups excluding tert-OH is 1. The first-order valence-corrected chi connectivity index (χ1v) is 9.14. The summed E-state index contributed by atoms with van der Waals surface area (Å²) >= 11 is 0. The molecule has 0 bridgehead atoms. The minimum absolute atomic E-state index is 0.209. The SMILES string of the molecule is CCOC1=N[C@H]([C@@H](O)[C@H]2OC(C)(C)O[C@@H]2C)C(OCC)=N[C@H]1C(C)C. The molecule has 1 fully saturated rings. The minimum Gasteiger partial charge on any atom is -0.480 e. The second-order valence-electron chi connectivity index (χ2n) is 7.23. The summed E-state index contributed by atoms with van der Waals surface area (Å²) < 4.78 is 23.0. The molecule has 25 heavy (non-hydrogen) atoms. The van der Waals surface area contributed by atoms with Crippen molar-refractivity contribution in [1.82, 2.24) is 0 Å². The minimum atomic E-state index is -0.939. The third kappa shape index (κ3) is 4.51. The summed E-state index contributed by atoms with van der Waals surface area (Å²) in [7, 11) is 0. The van der Waals surface area contributed by atoms with Crippen molar-refractivity contribution >= 4 is 11.8 Å². The van der Waals surface area contributed by atoms with Crippen molar-refractivity contribution < 1.29 is 24.1 Å². The molecule has 2 heterocycles. The van der Waals surface area contributed by atoms with Gasteiger partial charge in [-0.3, -0.25) is 0 Å². The Morgan fingerprint density at radius 3 is 2.00 bits per heavy atom. The average Bonchev–Trinajstić information content (AvgIpc) is 2.80. The fourth-order valence-corrected chi connectivity index (χ4v) is 3.23. The quantitative estimate of drug-likeness (QED) is 0.816. The lowest BCUT2D eigenvalue weighted by atomic mass is 9.98. The van der Waals surface area contributed by atoms with Crippen molar-refractivity contribution in [3.8, 4) is 0 Å². The Balaban J connectivity index is 2.30. The highest BCUT2D eigenvalue weighted by Gasteiger charge is 2.47. The van der Waals surface area contributed by atoms with Gasteiger partial charge >= 0.3 is 0 Å². The predicted octanol–water partition coefficient (Wildman–Crippen LogP) is 2.16. The standard InChI is InChI=1S/C18H32N2O5/c1-8-22-16-12(10(3)4)19-17(23-9-2)13(20-16)14(21)15-11(5)24-18(6,7)25-15/h10-15,21H,8-9H2,1-7H3/t11-,12+,13-,14-,15+/m1/s1. The van der Waals surface area contributed by atoms with Crippen LogP contribution < -0.4 is 0 Å². The van der Waals surface area contributed by atoms with Crippen LogP contribution in [0.3, 0.4) is 0 Å². The molecule has 144 valence electrons. The van der Waals surface area contributed by atoms with E-state index in [4.69, 9.17) is 18.9 Å². The van der Waals surface area contributed by atoms with E-state index in [1.54, 1.807) is 0 Å². The normalized spacial score (nSPS) is 33.0. The molecule has 0 aliphatic carbocycles. The number of hydrogen-bond donors (Lipinski definition) is 1. The predicted molar refractivity (Wildman–Crippen MR) is 96.0 cm³/mol. The van der Waals surface area contributed by atoms with Crippen molar-refractivity contribution in [2.45, 2.75) is 84.6 Å². The average molecular weight is 356 g/mol. The number of ether oxygens (including phenoxy) is 4. The van der Waals surface area contributed by atoms with Crippen molar-refractivity contribution in [3.63, 3.8) is 0 Å². The molecule has 1 N–H and O–H groups in total. The monoisotopic (exact) mass is 356 g/mol. The Morgan fingerprint density at radius 1 is 1.04 bits per heavy atom. The largest absolute Gasteiger partial charge is 0.480 e. The van der Waals surface area contributed by atoms with Gasteiger partial charge in [-0.25, -0.2) is 9.98 Å². The van der Waals surface area contributed by atoms with E-state index in [-0.39, 0.29) is 18.1 Å².